The Morgan fingerprint density at radius 2 is 1.74 bits per heavy atom. The second-order valence-electron chi connectivity index (χ2n) is 4.04. The molecule has 0 heterocycles. The van der Waals surface area contributed by atoms with Gasteiger partial charge < -0.3 is 10.4 Å². The maximum absolute atomic E-state index is 13.4. The maximum Gasteiger partial charge on any atom is 0.149 e. The van der Waals surface area contributed by atoms with Crippen LogP contribution < -0.4 is 5.32 Å². The van der Waals surface area contributed by atoms with E-state index in [4.69, 9.17) is 0 Å². The number of hydrogen-bond acceptors (Lipinski definition) is 2. The van der Waals surface area contributed by atoms with E-state index in [9.17, 15) is 18.3 Å². The Morgan fingerprint density at radius 3 is 2.42 bits per heavy atom. The third-order valence-corrected chi connectivity index (χ3v) is 2.68. The summed E-state index contributed by atoms with van der Waals surface area (Å²) in [5.41, 5.74) is 0.175. The second-order valence-corrected chi connectivity index (χ2v) is 4.04. The molecule has 0 bridgehead atoms. The molecule has 100 valence electrons. The zero-order chi connectivity index (χ0) is 13.8. The van der Waals surface area contributed by atoms with Gasteiger partial charge in [0.15, 0.2) is 0 Å². The fourth-order valence-corrected chi connectivity index (χ4v) is 1.69. The van der Waals surface area contributed by atoms with Crippen LogP contribution in [0.2, 0.25) is 0 Å². The molecule has 2 nitrogen and oxygen atoms in total. The van der Waals surface area contributed by atoms with Crippen LogP contribution in [-0.2, 0) is 0 Å². The molecule has 0 aliphatic rings. The molecule has 2 N–H and O–H groups in total. The van der Waals surface area contributed by atoms with E-state index in [1.165, 1.54) is 24.3 Å². The lowest BCUT2D eigenvalue weighted by Gasteiger charge is -2.14. The Hall–Kier alpha value is -2.01. The van der Waals surface area contributed by atoms with Crippen LogP contribution in [0.15, 0.2) is 42.5 Å². The SMILES string of the molecule is OC(CNc1ccc(F)cc1F)c1ccccc1F. The number of aliphatic hydroxyl groups excluding tert-OH is 1. The number of nitrogens with one attached hydrogen (secondary N) is 1. The monoisotopic (exact) mass is 267 g/mol. The first kappa shape index (κ1) is 13.4. The van der Waals surface area contributed by atoms with Gasteiger partial charge in [-0.2, -0.15) is 0 Å². The fourth-order valence-electron chi connectivity index (χ4n) is 1.69. The zero-order valence-electron chi connectivity index (χ0n) is 9.91. The number of rotatable bonds is 4. The summed E-state index contributed by atoms with van der Waals surface area (Å²) in [7, 11) is 0. The van der Waals surface area contributed by atoms with Crippen molar-refractivity contribution in [3.63, 3.8) is 0 Å². The summed E-state index contributed by atoms with van der Waals surface area (Å²) < 4.78 is 39.4. The summed E-state index contributed by atoms with van der Waals surface area (Å²) in [5, 5.41) is 12.4. The van der Waals surface area contributed by atoms with Crippen LogP contribution in [0.1, 0.15) is 11.7 Å². The summed E-state index contributed by atoms with van der Waals surface area (Å²) in [6.07, 6.45) is -1.12. The minimum atomic E-state index is -1.12. The second kappa shape index (κ2) is 5.75. The normalized spacial score (nSPS) is 12.2. The van der Waals surface area contributed by atoms with E-state index >= 15 is 0 Å². The smallest absolute Gasteiger partial charge is 0.149 e. The molecule has 0 spiro atoms. The number of benzene rings is 2. The predicted octanol–water partition coefficient (Wildman–Crippen LogP) is 3.25. The standard InChI is InChI=1S/C14H12F3NO/c15-9-5-6-13(12(17)7-9)18-8-14(19)10-3-1-2-4-11(10)16/h1-7,14,18-19H,8H2. The van der Waals surface area contributed by atoms with E-state index in [2.05, 4.69) is 5.32 Å². The van der Waals surface area contributed by atoms with Gasteiger partial charge in [0.1, 0.15) is 17.5 Å². The van der Waals surface area contributed by atoms with Crippen molar-refractivity contribution in [1.29, 1.82) is 0 Å². The van der Waals surface area contributed by atoms with Gasteiger partial charge in [0.25, 0.3) is 0 Å². The largest absolute Gasteiger partial charge is 0.386 e. The van der Waals surface area contributed by atoms with Gasteiger partial charge in [0, 0.05) is 18.2 Å². The molecule has 1 unspecified atom stereocenters. The van der Waals surface area contributed by atoms with E-state index < -0.39 is 23.6 Å². The predicted molar refractivity (Wildman–Crippen MR) is 66.2 cm³/mol. The van der Waals surface area contributed by atoms with E-state index in [0.29, 0.717) is 0 Å². The van der Waals surface area contributed by atoms with Crippen molar-refractivity contribution in [1.82, 2.24) is 0 Å². The molecule has 0 aliphatic heterocycles. The van der Waals surface area contributed by atoms with E-state index in [-0.39, 0.29) is 17.8 Å². The van der Waals surface area contributed by atoms with Gasteiger partial charge in [-0.1, -0.05) is 18.2 Å². The fraction of sp³-hybridized carbons (Fsp3) is 0.143. The number of halogens is 3. The van der Waals surface area contributed by atoms with Gasteiger partial charge in [0.05, 0.1) is 11.8 Å². The van der Waals surface area contributed by atoms with Crippen molar-refractivity contribution in [3.8, 4) is 0 Å². The van der Waals surface area contributed by atoms with Crippen molar-refractivity contribution in [2.45, 2.75) is 6.10 Å². The molecule has 0 amide bonds. The van der Waals surface area contributed by atoms with Gasteiger partial charge >= 0.3 is 0 Å². The Morgan fingerprint density at radius 1 is 1.00 bits per heavy atom. The van der Waals surface area contributed by atoms with Gasteiger partial charge in [0.2, 0.25) is 0 Å². The topological polar surface area (TPSA) is 32.3 Å². The molecule has 0 saturated carbocycles. The van der Waals surface area contributed by atoms with Crippen molar-refractivity contribution in [2.24, 2.45) is 0 Å². The van der Waals surface area contributed by atoms with Crippen LogP contribution >= 0.6 is 0 Å². The quantitative estimate of drug-likeness (QED) is 0.891. The van der Waals surface area contributed by atoms with Crippen molar-refractivity contribution >= 4 is 5.69 Å². The van der Waals surface area contributed by atoms with Crippen molar-refractivity contribution < 1.29 is 18.3 Å². The minimum absolute atomic E-state index is 0.0526. The summed E-state index contributed by atoms with van der Waals surface area (Å²) in [6, 6.07) is 8.84. The van der Waals surface area contributed by atoms with E-state index in [0.717, 1.165) is 12.1 Å². The van der Waals surface area contributed by atoms with Gasteiger partial charge in [-0.05, 0) is 18.2 Å². The van der Waals surface area contributed by atoms with Crippen LogP contribution in [0.3, 0.4) is 0 Å². The van der Waals surface area contributed by atoms with Gasteiger partial charge in [-0.25, -0.2) is 13.2 Å². The first-order valence-corrected chi connectivity index (χ1v) is 5.69. The zero-order valence-corrected chi connectivity index (χ0v) is 9.91. The van der Waals surface area contributed by atoms with Crippen LogP contribution in [-0.4, -0.2) is 11.7 Å². The highest BCUT2D eigenvalue weighted by molar-refractivity contribution is 5.45. The highest BCUT2D eigenvalue weighted by Gasteiger charge is 2.12. The van der Waals surface area contributed by atoms with Crippen LogP contribution in [0.25, 0.3) is 0 Å². The maximum atomic E-state index is 13.4. The average Bonchev–Trinajstić information content (AvgIpc) is 2.38. The molecule has 0 aliphatic carbocycles. The Labute approximate surface area is 108 Å². The summed E-state index contributed by atoms with van der Waals surface area (Å²) in [6.45, 7) is -0.0799. The van der Waals surface area contributed by atoms with Gasteiger partial charge in [-0.3, -0.25) is 0 Å². The van der Waals surface area contributed by atoms with Crippen LogP contribution in [0.5, 0.6) is 0 Å². The Balaban J connectivity index is 2.04. The molecular weight excluding hydrogens is 255 g/mol. The molecule has 1 atom stereocenters. The summed E-state index contributed by atoms with van der Waals surface area (Å²) >= 11 is 0. The molecule has 2 aromatic carbocycles. The lowest BCUT2D eigenvalue weighted by Crippen LogP contribution is -2.14. The Bertz CT molecular complexity index is 574. The summed E-state index contributed by atoms with van der Waals surface area (Å²) in [5.74, 6) is -1.98. The molecule has 2 rings (SSSR count). The molecule has 5 heteroatoms. The number of hydrogen-bond donors (Lipinski definition) is 2. The summed E-state index contributed by atoms with van der Waals surface area (Å²) in [4.78, 5) is 0. The third-order valence-electron chi connectivity index (χ3n) is 2.68. The van der Waals surface area contributed by atoms with E-state index in [1.54, 1.807) is 6.07 Å². The first-order chi connectivity index (χ1) is 9.08. The molecule has 0 fully saturated rings. The molecule has 0 aromatic heterocycles. The highest BCUT2D eigenvalue weighted by atomic mass is 19.1. The lowest BCUT2D eigenvalue weighted by atomic mass is 10.1. The average molecular weight is 267 g/mol. The Kier molecular flexibility index (Phi) is 4.06. The van der Waals surface area contributed by atoms with Crippen LogP contribution in [0, 0.1) is 17.5 Å². The van der Waals surface area contributed by atoms with Gasteiger partial charge in [-0.15, -0.1) is 0 Å². The molecule has 0 saturated heterocycles. The number of anilines is 1. The number of aliphatic hydroxyl groups is 1. The van der Waals surface area contributed by atoms with E-state index in [1.807, 2.05) is 0 Å². The lowest BCUT2D eigenvalue weighted by molar-refractivity contribution is 0.186. The first-order valence-electron chi connectivity index (χ1n) is 5.69. The molecule has 19 heavy (non-hydrogen) atoms. The third kappa shape index (κ3) is 3.26. The van der Waals surface area contributed by atoms with Crippen molar-refractivity contribution in [2.75, 3.05) is 11.9 Å². The minimum Gasteiger partial charge on any atom is -0.386 e. The molecular formula is C14H12F3NO. The molecule has 0 radical (unpaired) electrons. The van der Waals surface area contributed by atoms with Crippen molar-refractivity contribution in [3.05, 3.63) is 65.5 Å². The highest BCUT2D eigenvalue weighted by Crippen LogP contribution is 2.19. The molecule has 2 aromatic rings. The van der Waals surface area contributed by atoms with Crippen LogP contribution in [0.4, 0.5) is 18.9 Å².